The number of nitrogens with one attached hydrogen (secondary N) is 1. The van der Waals surface area contributed by atoms with Crippen LogP contribution in [0.15, 0.2) is 4.42 Å². The van der Waals surface area contributed by atoms with Crippen LogP contribution in [0.3, 0.4) is 0 Å². The normalized spacial score (nSPS) is 17.3. The summed E-state index contributed by atoms with van der Waals surface area (Å²) >= 11 is 0. The fourth-order valence-corrected chi connectivity index (χ4v) is 2.40. The Morgan fingerprint density at radius 2 is 2.00 bits per heavy atom. The predicted molar refractivity (Wildman–Crippen MR) is 78.8 cm³/mol. The van der Waals surface area contributed by atoms with Crippen LogP contribution in [0.25, 0.3) is 0 Å². The average molecular weight is 295 g/mol. The Morgan fingerprint density at radius 1 is 1.33 bits per heavy atom. The van der Waals surface area contributed by atoms with Crippen molar-refractivity contribution in [2.24, 2.45) is 5.92 Å². The third-order valence-electron chi connectivity index (χ3n) is 3.80. The maximum absolute atomic E-state index is 12.6. The van der Waals surface area contributed by atoms with Crippen molar-refractivity contribution in [2.45, 2.75) is 40.3 Å². The minimum Gasteiger partial charge on any atom is -0.444 e. The van der Waals surface area contributed by atoms with Crippen molar-refractivity contribution in [3.63, 3.8) is 0 Å². The molecule has 1 N–H and O–H groups in total. The van der Waals surface area contributed by atoms with Gasteiger partial charge in [-0.2, -0.15) is 0 Å². The molecule has 1 amide bonds. The summed E-state index contributed by atoms with van der Waals surface area (Å²) < 4.78 is 10.8. The first-order chi connectivity index (χ1) is 9.99. The summed E-state index contributed by atoms with van der Waals surface area (Å²) in [5, 5.41) is 3.28. The Bertz CT molecular complexity index is 459. The zero-order valence-corrected chi connectivity index (χ0v) is 13.3. The molecule has 1 aliphatic rings. The molecule has 1 atom stereocenters. The number of morpholine rings is 1. The summed E-state index contributed by atoms with van der Waals surface area (Å²) in [6.07, 6.45) is 0. The van der Waals surface area contributed by atoms with Crippen LogP contribution in [0.2, 0.25) is 0 Å². The second-order valence-electron chi connectivity index (χ2n) is 5.79. The Labute approximate surface area is 125 Å². The first-order valence-corrected chi connectivity index (χ1v) is 7.52. The van der Waals surface area contributed by atoms with Gasteiger partial charge in [0, 0.05) is 13.1 Å². The van der Waals surface area contributed by atoms with Gasteiger partial charge in [-0.3, -0.25) is 10.1 Å². The van der Waals surface area contributed by atoms with Crippen LogP contribution in [-0.2, 0) is 16.1 Å². The first-order valence-electron chi connectivity index (χ1n) is 7.52. The topological polar surface area (TPSA) is 67.6 Å². The minimum absolute atomic E-state index is 0.133. The molecule has 1 saturated heterocycles. The Morgan fingerprint density at radius 3 is 2.52 bits per heavy atom. The van der Waals surface area contributed by atoms with E-state index in [1.807, 2.05) is 32.6 Å². The van der Waals surface area contributed by atoms with Gasteiger partial charge in [0.15, 0.2) is 0 Å². The molecule has 0 bridgehead atoms. The van der Waals surface area contributed by atoms with Crippen LogP contribution in [0, 0.1) is 19.8 Å². The van der Waals surface area contributed by atoms with E-state index < -0.39 is 0 Å². The highest BCUT2D eigenvalue weighted by Gasteiger charge is 2.28. The summed E-state index contributed by atoms with van der Waals surface area (Å²) in [5.74, 6) is 1.80. The van der Waals surface area contributed by atoms with Crippen molar-refractivity contribution >= 4 is 5.91 Å². The SMILES string of the molecule is Cc1nc(CN[C@H](C(=O)N2CCOCC2)C(C)C)oc1C. The molecule has 0 radical (unpaired) electrons. The van der Waals surface area contributed by atoms with E-state index in [0.29, 0.717) is 38.7 Å². The van der Waals surface area contributed by atoms with E-state index in [4.69, 9.17) is 9.15 Å². The van der Waals surface area contributed by atoms with E-state index in [-0.39, 0.29) is 17.9 Å². The second-order valence-corrected chi connectivity index (χ2v) is 5.79. The molecule has 6 heteroatoms. The second kappa shape index (κ2) is 7.04. The Balaban J connectivity index is 1.96. The lowest BCUT2D eigenvalue weighted by Gasteiger charge is -2.32. The van der Waals surface area contributed by atoms with E-state index in [0.717, 1.165) is 11.5 Å². The number of hydrogen-bond acceptors (Lipinski definition) is 5. The number of hydrogen-bond donors (Lipinski definition) is 1. The summed E-state index contributed by atoms with van der Waals surface area (Å²) in [4.78, 5) is 18.8. The molecule has 0 aromatic carbocycles. The lowest BCUT2D eigenvalue weighted by Crippen LogP contribution is -2.52. The van der Waals surface area contributed by atoms with Crippen molar-refractivity contribution < 1.29 is 13.9 Å². The van der Waals surface area contributed by atoms with Crippen molar-refractivity contribution in [3.8, 4) is 0 Å². The monoisotopic (exact) mass is 295 g/mol. The number of aromatic nitrogens is 1. The van der Waals surface area contributed by atoms with Crippen molar-refractivity contribution in [2.75, 3.05) is 26.3 Å². The molecule has 1 aliphatic heterocycles. The van der Waals surface area contributed by atoms with Gasteiger partial charge in [-0.25, -0.2) is 4.98 Å². The molecule has 0 unspecified atom stereocenters. The predicted octanol–water partition coefficient (Wildman–Crippen LogP) is 1.26. The third-order valence-corrected chi connectivity index (χ3v) is 3.80. The fraction of sp³-hybridized carbons (Fsp3) is 0.733. The van der Waals surface area contributed by atoms with Crippen molar-refractivity contribution in [1.82, 2.24) is 15.2 Å². The number of nitrogens with zero attached hydrogens (tertiary/aromatic N) is 2. The number of oxazole rings is 1. The van der Waals surface area contributed by atoms with Crippen molar-refractivity contribution in [3.05, 3.63) is 17.3 Å². The number of carbonyl (C=O) groups excluding carboxylic acids is 1. The molecular formula is C15H25N3O3. The largest absolute Gasteiger partial charge is 0.444 e. The van der Waals surface area contributed by atoms with Crippen LogP contribution in [-0.4, -0.2) is 48.1 Å². The van der Waals surface area contributed by atoms with Crippen LogP contribution >= 0.6 is 0 Å². The maximum Gasteiger partial charge on any atom is 0.240 e. The number of ether oxygens (including phenoxy) is 1. The van der Waals surface area contributed by atoms with E-state index in [1.54, 1.807) is 0 Å². The molecular weight excluding hydrogens is 270 g/mol. The van der Waals surface area contributed by atoms with E-state index in [2.05, 4.69) is 10.3 Å². The zero-order valence-electron chi connectivity index (χ0n) is 13.3. The quantitative estimate of drug-likeness (QED) is 0.886. The van der Waals surface area contributed by atoms with Gasteiger partial charge in [0.1, 0.15) is 5.76 Å². The van der Waals surface area contributed by atoms with E-state index >= 15 is 0 Å². The van der Waals surface area contributed by atoms with Crippen LogP contribution in [0.4, 0.5) is 0 Å². The van der Waals surface area contributed by atoms with Gasteiger partial charge in [0.25, 0.3) is 0 Å². The van der Waals surface area contributed by atoms with E-state index in [1.165, 1.54) is 0 Å². The van der Waals surface area contributed by atoms with Crippen LogP contribution in [0.5, 0.6) is 0 Å². The number of carbonyl (C=O) groups is 1. The molecule has 0 aliphatic carbocycles. The molecule has 1 aromatic rings. The standard InChI is InChI=1S/C15H25N3O3/c1-10(2)14(15(19)18-5-7-20-8-6-18)16-9-13-17-11(3)12(4)21-13/h10,14,16H,5-9H2,1-4H3/t14-/m0/s1. The summed E-state index contributed by atoms with van der Waals surface area (Å²) in [6.45, 7) is 10.9. The zero-order chi connectivity index (χ0) is 15.4. The van der Waals surface area contributed by atoms with Gasteiger partial charge in [0.2, 0.25) is 11.8 Å². The summed E-state index contributed by atoms with van der Waals surface area (Å²) in [6, 6.07) is -0.226. The summed E-state index contributed by atoms with van der Waals surface area (Å²) in [7, 11) is 0. The Kier molecular flexibility index (Phi) is 5.36. The lowest BCUT2D eigenvalue weighted by atomic mass is 10.0. The highest BCUT2D eigenvalue weighted by atomic mass is 16.5. The van der Waals surface area contributed by atoms with Gasteiger partial charge < -0.3 is 14.1 Å². The molecule has 1 aromatic heterocycles. The minimum atomic E-state index is -0.226. The molecule has 1 fully saturated rings. The Hall–Kier alpha value is -1.40. The van der Waals surface area contributed by atoms with Crippen LogP contribution < -0.4 is 5.32 Å². The van der Waals surface area contributed by atoms with Gasteiger partial charge in [0.05, 0.1) is 31.5 Å². The third kappa shape index (κ3) is 4.04. The van der Waals surface area contributed by atoms with Gasteiger partial charge in [-0.05, 0) is 19.8 Å². The molecule has 118 valence electrons. The molecule has 0 saturated carbocycles. The maximum atomic E-state index is 12.6. The van der Waals surface area contributed by atoms with Gasteiger partial charge in [-0.1, -0.05) is 13.8 Å². The lowest BCUT2D eigenvalue weighted by molar-refractivity contribution is -0.138. The average Bonchev–Trinajstić information content (AvgIpc) is 2.78. The van der Waals surface area contributed by atoms with Gasteiger partial charge >= 0.3 is 0 Å². The number of amides is 1. The molecule has 6 nitrogen and oxygen atoms in total. The van der Waals surface area contributed by atoms with Crippen molar-refractivity contribution in [1.29, 1.82) is 0 Å². The highest BCUT2D eigenvalue weighted by molar-refractivity contribution is 5.82. The molecule has 2 heterocycles. The highest BCUT2D eigenvalue weighted by Crippen LogP contribution is 2.11. The molecule has 2 rings (SSSR count). The van der Waals surface area contributed by atoms with Crippen LogP contribution in [0.1, 0.15) is 31.2 Å². The fourth-order valence-electron chi connectivity index (χ4n) is 2.40. The summed E-state index contributed by atoms with van der Waals surface area (Å²) in [5.41, 5.74) is 0.896. The first kappa shape index (κ1) is 16.0. The molecule has 0 spiro atoms. The van der Waals surface area contributed by atoms with E-state index in [9.17, 15) is 4.79 Å². The number of aryl methyl sites for hydroxylation is 2. The number of rotatable bonds is 5. The van der Waals surface area contributed by atoms with Gasteiger partial charge in [-0.15, -0.1) is 0 Å². The molecule has 21 heavy (non-hydrogen) atoms. The smallest absolute Gasteiger partial charge is 0.240 e.